The number of ether oxygens (including phenoxy) is 1. The van der Waals surface area contributed by atoms with Crippen molar-refractivity contribution in [1.82, 2.24) is 20.1 Å². The van der Waals surface area contributed by atoms with E-state index < -0.39 is 12.3 Å². The van der Waals surface area contributed by atoms with Crippen LogP contribution in [0.3, 0.4) is 0 Å². The van der Waals surface area contributed by atoms with Crippen molar-refractivity contribution in [2.24, 2.45) is 0 Å². The van der Waals surface area contributed by atoms with Gasteiger partial charge in [0.2, 0.25) is 5.82 Å². The van der Waals surface area contributed by atoms with Crippen LogP contribution in [0.15, 0.2) is 54.9 Å². The maximum atomic E-state index is 12.7. The second kappa shape index (κ2) is 8.09. The lowest BCUT2D eigenvalue weighted by atomic mass is 10.0. The van der Waals surface area contributed by atoms with E-state index >= 15 is 0 Å². The number of nitrogens with one attached hydrogen (secondary N) is 1. The number of aliphatic hydroxyl groups is 1. The molecule has 7 nitrogen and oxygen atoms in total. The topological polar surface area (TPSA) is 89.3 Å². The lowest BCUT2D eigenvalue weighted by molar-refractivity contribution is -0.274. The molecule has 0 atom stereocenters. The Balaban J connectivity index is 1.90. The fourth-order valence-electron chi connectivity index (χ4n) is 2.47. The predicted molar refractivity (Wildman–Crippen MR) is 92.9 cm³/mol. The van der Waals surface area contributed by atoms with Crippen LogP contribution in [0.5, 0.6) is 5.75 Å². The van der Waals surface area contributed by atoms with Crippen LogP contribution in [0.4, 0.5) is 13.2 Å². The van der Waals surface area contributed by atoms with Crippen molar-refractivity contribution in [2.75, 3.05) is 13.2 Å². The molecule has 3 aromatic rings. The molecule has 0 bridgehead atoms. The van der Waals surface area contributed by atoms with Crippen molar-refractivity contribution in [1.29, 1.82) is 0 Å². The van der Waals surface area contributed by atoms with E-state index in [-0.39, 0.29) is 30.3 Å². The van der Waals surface area contributed by atoms with E-state index in [0.717, 1.165) is 0 Å². The molecule has 0 aliphatic rings. The summed E-state index contributed by atoms with van der Waals surface area (Å²) < 4.78 is 43.4. The van der Waals surface area contributed by atoms with Crippen LogP contribution in [0.25, 0.3) is 16.8 Å². The zero-order valence-electron chi connectivity index (χ0n) is 14.3. The Bertz CT molecular complexity index is 972. The van der Waals surface area contributed by atoms with Gasteiger partial charge in [0, 0.05) is 12.1 Å². The Labute approximate surface area is 157 Å². The molecule has 0 saturated heterocycles. The van der Waals surface area contributed by atoms with Crippen LogP contribution in [-0.2, 0) is 0 Å². The minimum absolute atomic E-state index is 0.0683. The second-order valence-electron chi connectivity index (χ2n) is 5.59. The Hall–Kier alpha value is -3.40. The Morgan fingerprint density at radius 1 is 1.18 bits per heavy atom. The number of alkyl halides is 3. The van der Waals surface area contributed by atoms with Crippen molar-refractivity contribution >= 4 is 5.91 Å². The molecule has 0 saturated carbocycles. The average molecular weight is 392 g/mol. The van der Waals surface area contributed by atoms with Gasteiger partial charge in [-0.3, -0.25) is 4.79 Å². The van der Waals surface area contributed by atoms with E-state index in [1.54, 1.807) is 30.3 Å². The van der Waals surface area contributed by atoms with Crippen LogP contribution in [-0.4, -0.2) is 45.3 Å². The number of hydrogen-bond acceptors (Lipinski definition) is 5. The molecule has 3 rings (SSSR count). The normalized spacial score (nSPS) is 11.3. The zero-order chi connectivity index (χ0) is 20.1. The fraction of sp³-hybridized carbons (Fsp3) is 0.167. The number of hydrogen-bond donors (Lipinski definition) is 2. The van der Waals surface area contributed by atoms with E-state index in [2.05, 4.69) is 20.1 Å². The molecule has 0 fully saturated rings. The molecule has 146 valence electrons. The van der Waals surface area contributed by atoms with Gasteiger partial charge >= 0.3 is 6.36 Å². The summed E-state index contributed by atoms with van der Waals surface area (Å²) in [6.45, 7) is -0.146. The molecule has 1 amide bonds. The highest BCUT2D eigenvalue weighted by Gasteiger charge is 2.32. The highest BCUT2D eigenvalue weighted by atomic mass is 19.4. The first-order chi connectivity index (χ1) is 13.4. The Kier molecular flexibility index (Phi) is 5.59. The number of amides is 1. The van der Waals surface area contributed by atoms with Gasteiger partial charge in [0.15, 0.2) is 0 Å². The van der Waals surface area contributed by atoms with E-state index in [0.29, 0.717) is 11.3 Å². The van der Waals surface area contributed by atoms with Crippen LogP contribution >= 0.6 is 0 Å². The average Bonchev–Trinajstić information content (AvgIpc) is 3.16. The first-order valence-corrected chi connectivity index (χ1v) is 8.14. The summed E-state index contributed by atoms with van der Waals surface area (Å²) >= 11 is 0. The molecule has 0 radical (unpaired) electrons. The van der Waals surface area contributed by atoms with Gasteiger partial charge < -0.3 is 15.2 Å². The quantitative estimate of drug-likeness (QED) is 0.673. The first-order valence-electron chi connectivity index (χ1n) is 8.14. The van der Waals surface area contributed by atoms with Gasteiger partial charge in [0.05, 0.1) is 12.3 Å². The Morgan fingerprint density at radius 2 is 1.96 bits per heavy atom. The fourth-order valence-corrected chi connectivity index (χ4v) is 2.47. The maximum absolute atomic E-state index is 12.7. The largest absolute Gasteiger partial charge is 0.573 e. The highest BCUT2D eigenvalue weighted by molar-refractivity contribution is 5.90. The number of carbonyl (C=O) groups is 1. The minimum atomic E-state index is -4.81. The summed E-state index contributed by atoms with van der Waals surface area (Å²) in [5, 5.41) is 15.2. The van der Waals surface area contributed by atoms with Crippen LogP contribution in [0.2, 0.25) is 0 Å². The third-order valence-electron chi connectivity index (χ3n) is 3.63. The van der Waals surface area contributed by atoms with Crippen molar-refractivity contribution in [3.63, 3.8) is 0 Å². The number of halogens is 3. The van der Waals surface area contributed by atoms with Crippen molar-refractivity contribution in [2.45, 2.75) is 6.36 Å². The van der Waals surface area contributed by atoms with Gasteiger partial charge in [0.25, 0.3) is 5.91 Å². The number of para-hydroxylation sites is 1. The van der Waals surface area contributed by atoms with Crippen LogP contribution < -0.4 is 10.1 Å². The number of aromatic nitrogens is 3. The highest BCUT2D eigenvalue weighted by Crippen LogP contribution is 2.34. The van der Waals surface area contributed by atoms with E-state index in [1.807, 2.05) is 0 Å². The second-order valence-corrected chi connectivity index (χ2v) is 5.59. The Morgan fingerprint density at radius 3 is 2.71 bits per heavy atom. The van der Waals surface area contributed by atoms with Gasteiger partial charge in [0.1, 0.15) is 12.1 Å². The van der Waals surface area contributed by atoms with Crippen molar-refractivity contribution < 1.29 is 27.8 Å². The lowest BCUT2D eigenvalue weighted by Gasteiger charge is -2.13. The molecule has 2 N–H and O–H groups in total. The maximum Gasteiger partial charge on any atom is 0.573 e. The molecule has 1 heterocycles. The van der Waals surface area contributed by atoms with Crippen molar-refractivity contribution in [3.05, 3.63) is 60.7 Å². The summed E-state index contributed by atoms with van der Waals surface area (Å²) in [4.78, 5) is 15.7. The lowest BCUT2D eigenvalue weighted by Crippen LogP contribution is -2.27. The molecule has 0 unspecified atom stereocenters. The van der Waals surface area contributed by atoms with Crippen LogP contribution in [0.1, 0.15) is 10.6 Å². The van der Waals surface area contributed by atoms with E-state index in [1.165, 1.54) is 29.2 Å². The smallest absolute Gasteiger partial charge is 0.405 e. The monoisotopic (exact) mass is 392 g/mol. The standard InChI is InChI=1S/C18H15F3N4O3/c19-18(20,21)28-15-7-2-1-6-14(15)12-4-3-5-13(10-12)25-11-23-16(24-25)17(27)22-8-9-26/h1-7,10-11,26H,8-9H2,(H,22,27). The number of nitrogens with zero attached hydrogens (tertiary/aromatic N) is 3. The summed E-state index contributed by atoms with van der Waals surface area (Å²) in [5.41, 5.74) is 1.22. The predicted octanol–water partition coefficient (Wildman–Crippen LogP) is 2.55. The van der Waals surface area contributed by atoms with Crippen molar-refractivity contribution in [3.8, 4) is 22.6 Å². The SMILES string of the molecule is O=C(NCCO)c1ncn(-c2cccc(-c3ccccc3OC(F)(F)F)c2)n1. The summed E-state index contributed by atoms with van der Waals surface area (Å²) in [6.07, 6.45) is -3.50. The number of aliphatic hydroxyl groups excluding tert-OH is 1. The molecule has 10 heteroatoms. The van der Waals surface area contributed by atoms with Crippen LogP contribution in [0, 0.1) is 0 Å². The third-order valence-corrected chi connectivity index (χ3v) is 3.63. The van der Waals surface area contributed by atoms with Gasteiger partial charge in [-0.1, -0.05) is 30.3 Å². The van der Waals surface area contributed by atoms with Gasteiger partial charge in [-0.15, -0.1) is 18.3 Å². The molecule has 0 spiro atoms. The van der Waals surface area contributed by atoms with E-state index in [9.17, 15) is 18.0 Å². The first kappa shape index (κ1) is 19.4. The zero-order valence-corrected chi connectivity index (χ0v) is 14.3. The van der Waals surface area contributed by atoms with Gasteiger partial charge in [-0.05, 0) is 23.8 Å². The van der Waals surface area contributed by atoms with E-state index in [4.69, 9.17) is 5.11 Å². The molecule has 0 aliphatic carbocycles. The minimum Gasteiger partial charge on any atom is -0.405 e. The molecule has 0 aliphatic heterocycles. The summed E-state index contributed by atoms with van der Waals surface area (Å²) in [6, 6.07) is 12.3. The molecular weight excluding hydrogens is 377 g/mol. The molecule has 28 heavy (non-hydrogen) atoms. The number of benzene rings is 2. The third kappa shape index (κ3) is 4.65. The van der Waals surface area contributed by atoms with Gasteiger partial charge in [-0.2, -0.15) is 0 Å². The summed E-state index contributed by atoms with van der Waals surface area (Å²) in [5.74, 6) is -0.970. The van der Waals surface area contributed by atoms with Gasteiger partial charge in [-0.25, -0.2) is 9.67 Å². The molecular formula is C18H15F3N4O3. The molecule has 2 aromatic carbocycles. The molecule has 1 aromatic heterocycles. The summed E-state index contributed by atoms with van der Waals surface area (Å²) in [7, 11) is 0. The number of rotatable bonds is 6. The number of carbonyl (C=O) groups excluding carboxylic acids is 1.